The molecule has 2 N–H and O–H groups in total. The van der Waals surface area contributed by atoms with E-state index in [1.54, 1.807) is 30.3 Å². The third-order valence-corrected chi connectivity index (χ3v) is 5.34. The van der Waals surface area contributed by atoms with Gasteiger partial charge in [0.25, 0.3) is 11.5 Å². The van der Waals surface area contributed by atoms with Crippen molar-refractivity contribution in [1.82, 2.24) is 4.98 Å². The summed E-state index contributed by atoms with van der Waals surface area (Å²) in [4.78, 5) is 28.2. The Balaban J connectivity index is 1.62. The molecule has 0 atom stereocenters. The van der Waals surface area contributed by atoms with E-state index in [0.29, 0.717) is 28.3 Å². The van der Waals surface area contributed by atoms with E-state index in [-0.39, 0.29) is 11.3 Å². The number of aryl methyl sites for hydroxylation is 1. The molecule has 0 saturated heterocycles. The highest BCUT2D eigenvalue weighted by Crippen LogP contribution is 2.34. The van der Waals surface area contributed by atoms with Crippen molar-refractivity contribution in [3.63, 3.8) is 0 Å². The van der Waals surface area contributed by atoms with Crippen LogP contribution in [0.3, 0.4) is 0 Å². The fourth-order valence-corrected chi connectivity index (χ4v) is 3.63. The molecule has 0 fully saturated rings. The number of rotatable bonds is 7. The molecular weight excluding hydrogens is 454 g/mol. The summed E-state index contributed by atoms with van der Waals surface area (Å²) in [5.74, 6) is -0.0864. The number of nitrogens with one attached hydrogen (secondary N) is 2. The average molecular weight is 476 g/mol. The van der Waals surface area contributed by atoms with Crippen LogP contribution in [0.5, 0.6) is 11.5 Å². The third-order valence-electron chi connectivity index (χ3n) is 5.34. The van der Waals surface area contributed by atoms with E-state index in [4.69, 9.17) is 4.74 Å². The Bertz CT molecular complexity index is 1420. The lowest BCUT2D eigenvalue weighted by Crippen LogP contribution is -2.23. The lowest BCUT2D eigenvalue weighted by Gasteiger charge is -2.14. The SMILES string of the molecule is COc1ccc(-c2cc(NC(=O)c3ccc(-c4cccc(C)c4)[nH]c3=O)ccc2OC(F)F)cc1. The van der Waals surface area contributed by atoms with Crippen LogP contribution in [-0.2, 0) is 0 Å². The molecule has 4 rings (SSSR count). The van der Waals surface area contributed by atoms with E-state index in [9.17, 15) is 18.4 Å². The molecule has 178 valence electrons. The first-order valence-electron chi connectivity index (χ1n) is 10.7. The number of methoxy groups -OCH3 is 1. The number of benzene rings is 3. The zero-order valence-corrected chi connectivity index (χ0v) is 19.0. The molecule has 1 aromatic heterocycles. The van der Waals surface area contributed by atoms with Crippen LogP contribution in [0.2, 0.25) is 0 Å². The van der Waals surface area contributed by atoms with Gasteiger partial charge in [0.05, 0.1) is 7.11 Å². The summed E-state index contributed by atoms with van der Waals surface area (Å²) in [6.45, 7) is -1.07. The molecule has 35 heavy (non-hydrogen) atoms. The summed E-state index contributed by atoms with van der Waals surface area (Å²) in [7, 11) is 1.52. The average Bonchev–Trinajstić information content (AvgIpc) is 2.84. The number of H-pyrrole nitrogens is 1. The second kappa shape index (κ2) is 10.2. The van der Waals surface area contributed by atoms with Crippen LogP contribution >= 0.6 is 0 Å². The van der Waals surface area contributed by atoms with Crippen molar-refractivity contribution >= 4 is 11.6 Å². The standard InChI is InChI=1S/C27H22F2N2O4/c1-16-4-3-5-18(14-16)23-12-11-21(26(33)31-23)25(32)30-19-8-13-24(35-27(28)29)22(15-19)17-6-9-20(34-2)10-7-17/h3-15,27H,1-2H3,(H,30,32)(H,31,33). The molecule has 0 spiro atoms. The summed E-state index contributed by atoms with van der Waals surface area (Å²) in [5, 5.41) is 2.65. The molecule has 0 aliphatic heterocycles. The maximum Gasteiger partial charge on any atom is 0.387 e. The number of carbonyl (C=O) groups excluding carboxylic acids is 1. The van der Waals surface area contributed by atoms with Gasteiger partial charge in [0.1, 0.15) is 17.1 Å². The van der Waals surface area contributed by atoms with Gasteiger partial charge in [-0.2, -0.15) is 8.78 Å². The first-order chi connectivity index (χ1) is 16.8. The van der Waals surface area contributed by atoms with Crippen LogP contribution in [0.1, 0.15) is 15.9 Å². The van der Waals surface area contributed by atoms with E-state index in [1.165, 1.54) is 31.4 Å². The molecule has 0 bridgehead atoms. The molecule has 6 nitrogen and oxygen atoms in total. The van der Waals surface area contributed by atoms with Gasteiger partial charge < -0.3 is 19.8 Å². The van der Waals surface area contributed by atoms with Crippen LogP contribution in [0.4, 0.5) is 14.5 Å². The molecule has 0 radical (unpaired) electrons. The number of amides is 1. The number of aromatic nitrogens is 1. The molecule has 1 heterocycles. The molecule has 0 aliphatic rings. The predicted molar refractivity (Wildman–Crippen MR) is 130 cm³/mol. The lowest BCUT2D eigenvalue weighted by molar-refractivity contribution is -0.0494. The van der Waals surface area contributed by atoms with Crippen molar-refractivity contribution in [3.05, 3.63) is 100 Å². The largest absolute Gasteiger partial charge is 0.497 e. The molecule has 0 aliphatic carbocycles. The maximum absolute atomic E-state index is 12.9. The summed E-state index contributed by atoms with van der Waals surface area (Å²) < 4.78 is 35.7. The zero-order valence-electron chi connectivity index (χ0n) is 19.0. The van der Waals surface area contributed by atoms with Crippen molar-refractivity contribution in [3.8, 4) is 33.9 Å². The highest BCUT2D eigenvalue weighted by molar-refractivity contribution is 6.04. The van der Waals surface area contributed by atoms with Gasteiger partial charge in [-0.05, 0) is 66.6 Å². The van der Waals surface area contributed by atoms with Gasteiger partial charge in [0.15, 0.2) is 0 Å². The van der Waals surface area contributed by atoms with Crippen LogP contribution in [0.25, 0.3) is 22.4 Å². The van der Waals surface area contributed by atoms with Crippen LogP contribution in [0, 0.1) is 6.92 Å². The Labute approximate surface area is 200 Å². The first-order valence-corrected chi connectivity index (χ1v) is 10.7. The number of hydrogen-bond donors (Lipinski definition) is 2. The Morgan fingerprint density at radius 3 is 2.37 bits per heavy atom. The van der Waals surface area contributed by atoms with Crippen LogP contribution in [0.15, 0.2) is 83.7 Å². The van der Waals surface area contributed by atoms with Gasteiger partial charge in [-0.1, -0.05) is 35.9 Å². The number of pyridine rings is 1. The Morgan fingerprint density at radius 1 is 0.943 bits per heavy atom. The van der Waals surface area contributed by atoms with Crippen LogP contribution in [-0.4, -0.2) is 24.6 Å². The highest BCUT2D eigenvalue weighted by Gasteiger charge is 2.16. The molecule has 0 saturated carbocycles. The topological polar surface area (TPSA) is 80.4 Å². The summed E-state index contributed by atoms with van der Waals surface area (Å²) in [5.41, 5.74) is 3.06. The fraction of sp³-hybridized carbons (Fsp3) is 0.111. The third kappa shape index (κ3) is 5.55. The summed E-state index contributed by atoms with van der Waals surface area (Å²) in [6, 6.07) is 21.7. The van der Waals surface area contributed by atoms with Crippen molar-refractivity contribution in [1.29, 1.82) is 0 Å². The van der Waals surface area contributed by atoms with Gasteiger partial charge in [-0.3, -0.25) is 9.59 Å². The second-order valence-electron chi connectivity index (χ2n) is 7.76. The number of anilines is 1. The van der Waals surface area contributed by atoms with Crippen molar-refractivity contribution in [2.45, 2.75) is 13.5 Å². The maximum atomic E-state index is 12.9. The highest BCUT2D eigenvalue weighted by atomic mass is 19.3. The fourth-order valence-electron chi connectivity index (χ4n) is 3.63. The van der Waals surface area contributed by atoms with Gasteiger partial charge in [-0.15, -0.1) is 0 Å². The van der Waals surface area contributed by atoms with E-state index < -0.39 is 18.1 Å². The first kappa shape index (κ1) is 23.7. The van der Waals surface area contributed by atoms with Gasteiger partial charge in [0, 0.05) is 16.9 Å². The van der Waals surface area contributed by atoms with Crippen molar-refractivity contribution < 1.29 is 23.0 Å². The number of halogens is 2. The zero-order chi connectivity index (χ0) is 24.9. The minimum atomic E-state index is -3.02. The van der Waals surface area contributed by atoms with Crippen LogP contribution < -0.4 is 20.3 Å². The normalized spacial score (nSPS) is 10.8. The quantitative estimate of drug-likeness (QED) is 0.349. The molecule has 0 unspecified atom stereocenters. The second-order valence-corrected chi connectivity index (χ2v) is 7.76. The molecule has 3 aromatic carbocycles. The number of ether oxygens (including phenoxy) is 2. The van der Waals surface area contributed by atoms with E-state index in [1.807, 2.05) is 31.2 Å². The minimum absolute atomic E-state index is 0.0523. The smallest absolute Gasteiger partial charge is 0.387 e. The van der Waals surface area contributed by atoms with E-state index in [0.717, 1.165) is 11.1 Å². The summed E-state index contributed by atoms with van der Waals surface area (Å²) in [6.07, 6.45) is 0. The van der Waals surface area contributed by atoms with Gasteiger partial charge in [0.2, 0.25) is 0 Å². The molecule has 1 amide bonds. The summed E-state index contributed by atoms with van der Waals surface area (Å²) >= 11 is 0. The lowest BCUT2D eigenvalue weighted by atomic mass is 10.0. The minimum Gasteiger partial charge on any atom is -0.497 e. The molecular formula is C27H22F2N2O4. The van der Waals surface area contributed by atoms with Crippen molar-refractivity contribution in [2.75, 3.05) is 12.4 Å². The number of alkyl halides is 2. The van der Waals surface area contributed by atoms with Gasteiger partial charge in [-0.25, -0.2) is 0 Å². The number of carbonyl (C=O) groups is 1. The van der Waals surface area contributed by atoms with E-state index in [2.05, 4.69) is 15.0 Å². The molecule has 4 aromatic rings. The van der Waals surface area contributed by atoms with Crippen molar-refractivity contribution in [2.24, 2.45) is 0 Å². The van der Waals surface area contributed by atoms with E-state index >= 15 is 0 Å². The molecule has 8 heteroatoms. The Morgan fingerprint density at radius 2 is 1.71 bits per heavy atom. The Hall–Kier alpha value is -4.46. The van der Waals surface area contributed by atoms with Gasteiger partial charge >= 0.3 is 6.61 Å². The number of hydrogen-bond acceptors (Lipinski definition) is 4. The Kier molecular flexibility index (Phi) is 6.91. The monoisotopic (exact) mass is 476 g/mol. The number of aromatic amines is 1. The predicted octanol–water partition coefficient (Wildman–Crippen LogP) is 5.88.